The summed E-state index contributed by atoms with van der Waals surface area (Å²) >= 11 is 0. The second-order valence-corrected chi connectivity index (χ2v) is 7.94. The van der Waals surface area contributed by atoms with E-state index in [0.717, 1.165) is 11.8 Å². The van der Waals surface area contributed by atoms with Gasteiger partial charge in [0, 0.05) is 0 Å². The van der Waals surface area contributed by atoms with E-state index in [4.69, 9.17) is 0 Å². The third kappa shape index (κ3) is 14.1. The fraction of sp³-hybridized carbons (Fsp3) is 1.00. The van der Waals surface area contributed by atoms with Gasteiger partial charge in [0.25, 0.3) is 0 Å². The molecule has 0 nitrogen and oxygen atoms in total. The molecule has 0 fully saturated rings. The standard InChI is InChI=1S/C18H38/c1-16(2)12-8-7-9-13-17(3)14-10-11-15-18(4,5)6/h16-17H,7-15H2,1-6H3. The van der Waals surface area contributed by atoms with Crippen LogP contribution < -0.4 is 0 Å². The van der Waals surface area contributed by atoms with Gasteiger partial charge in [0.2, 0.25) is 0 Å². The van der Waals surface area contributed by atoms with E-state index in [1.807, 2.05) is 0 Å². The second-order valence-electron chi connectivity index (χ2n) is 7.94. The summed E-state index contributed by atoms with van der Waals surface area (Å²) in [6.07, 6.45) is 12.9. The lowest BCUT2D eigenvalue weighted by atomic mass is 9.88. The minimum absolute atomic E-state index is 0.528. The van der Waals surface area contributed by atoms with E-state index in [1.54, 1.807) is 0 Å². The molecular weight excluding hydrogens is 216 g/mol. The normalized spacial score (nSPS) is 14.2. The summed E-state index contributed by atoms with van der Waals surface area (Å²) in [5.74, 6) is 1.84. The SMILES string of the molecule is CC(C)CCCCCC(C)CCCCC(C)(C)C. The molecule has 0 saturated carbocycles. The third-order valence-corrected chi connectivity index (χ3v) is 3.85. The Morgan fingerprint density at radius 1 is 0.667 bits per heavy atom. The number of rotatable bonds is 10. The Morgan fingerprint density at radius 3 is 1.67 bits per heavy atom. The van der Waals surface area contributed by atoms with Gasteiger partial charge in [-0.25, -0.2) is 0 Å². The van der Waals surface area contributed by atoms with Gasteiger partial charge in [0.05, 0.1) is 0 Å². The average Bonchev–Trinajstić information content (AvgIpc) is 2.22. The lowest BCUT2D eigenvalue weighted by Crippen LogP contribution is -2.04. The molecule has 110 valence electrons. The van der Waals surface area contributed by atoms with E-state index in [9.17, 15) is 0 Å². The Bertz CT molecular complexity index is 173. The molecule has 0 aromatic carbocycles. The zero-order valence-electron chi connectivity index (χ0n) is 14.0. The molecule has 0 saturated heterocycles. The van der Waals surface area contributed by atoms with Crippen LogP contribution >= 0.6 is 0 Å². The lowest BCUT2D eigenvalue weighted by Gasteiger charge is -2.18. The van der Waals surface area contributed by atoms with Gasteiger partial charge >= 0.3 is 0 Å². The predicted octanol–water partition coefficient (Wildman–Crippen LogP) is 6.84. The van der Waals surface area contributed by atoms with Crippen LogP contribution in [0.1, 0.15) is 99.3 Å². The highest BCUT2D eigenvalue weighted by molar-refractivity contribution is 4.62. The molecule has 0 aromatic rings. The van der Waals surface area contributed by atoms with E-state index < -0.39 is 0 Å². The maximum atomic E-state index is 2.44. The van der Waals surface area contributed by atoms with Crippen LogP contribution in [0.25, 0.3) is 0 Å². The van der Waals surface area contributed by atoms with E-state index in [1.165, 1.54) is 57.8 Å². The van der Waals surface area contributed by atoms with Crippen LogP contribution in [0.2, 0.25) is 0 Å². The molecule has 1 unspecified atom stereocenters. The van der Waals surface area contributed by atoms with Crippen molar-refractivity contribution >= 4 is 0 Å². The van der Waals surface area contributed by atoms with Crippen molar-refractivity contribution in [2.24, 2.45) is 17.3 Å². The Labute approximate surface area is 117 Å². The average molecular weight is 255 g/mol. The summed E-state index contributed by atoms with van der Waals surface area (Å²) < 4.78 is 0. The van der Waals surface area contributed by atoms with Crippen molar-refractivity contribution in [1.82, 2.24) is 0 Å². The Hall–Kier alpha value is 0. The quantitative estimate of drug-likeness (QED) is 0.374. The zero-order chi connectivity index (χ0) is 14.0. The van der Waals surface area contributed by atoms with E-state index in [-0.39, 0.29) is 0 Å². The van der Waals surface area contributed by atoms with Crippen LogP contribution in [0, 0.1) is 17.3 Å². The molecule has 0 aromatic heterocycles. The first-order valence-electron chi connectivity index (χ1n) is 8.31. The summed E-state index contributed by atoms with van der Waals surface area (Å²) in [5, 5.41) is 0. The highest BCUT2D eigenvalue weighted by atomic mass is 14.2. The maximum absolute atomic E-state index is 2.44. The maximum Gasteiger partial charge on any atom is -0.0383 e. The Kier molecular flexibility index (Phi) is 9.87. The first-order chi connectivity index (χ1) is 8.31. The van der Waals surface area contributed by atoms with Crippen molar-refractivity contribution in [3.8, 4) is 0 Å². The lowest BCUT2D eigenvalue weighted by molar-refractivity contribution is 0.344. The van der Waals surface area contributed by atoms with E-state index in [2.05, 4.69) is 41.5 Å². The molecule has 0 heteroatoms. The largest absolute Gasteiger partial charge is 0.0628 e. The summed E-state index contributed by atoms with van der Waals surface area (Å²) in [6.45, 7) is 14.2. The molecule has 0 aliphatic heterocycles. The smallest absolute Gasteiger partial charge is 0.0383 e. The minimum Gasteiger partial charge on any atom is -0.0628 e. The number of hydrogen-bond acceptors (Lipinski definition) is 0. The summed E-state index contributed by atoms with van der Waals surface area (Å²) in [5.41, 5.74) is 0.528. The molecule has 0 N–H and O–H groups in total. The van der Waals surface area contributed by atoms with Crippen molar-refractivity contribution in [1.29, 1.82) is 0 Å². The van der Waals surface area contributed by atoms with Crippen molar-refractivity contribution < 1.29 is 0 Å². The molecule has 0 spiro atoms. The molecule has 0 aliphatic carbocycles. The molecule has 0 heterocycles. The fourth-order valence-electron chi connectivity index (χ4n) is 2.51. The summed E-state index contributed by atoms with van der Waals surface area (Å²) in [6, 6.07) is 0. The van der Waals surface area contributed by atoms with Gasteiger partial charge in [-0.05, 0) is 23.7 Å². The minimum atomic E-state index is 0.528. The van der Waals surface area contributed by atoms with Crippen molar-refractivity contribution in [2.45, 2.75) is 99.3 Å². The first kappa shape index (κ1) is 18.0. The van der Waals surface area contributed by atoms with Gasteiger partial charge in [-0.15, -0.1) is 0 Å². The molecule has 0 amide bonds. The molecular formula is C18H38. The second kappa shape index (κ2) is 9.87. The Balaban J connectivity index is 3.30. The Morgan fingerprint density at radius 2 is 1.17 bits per heavy atom. The molecule has 0 aliphatic rings. The number of hydrogen-bond donors (Lipinski definition) is 0. The van der Waals surface area contributed by atoms with Gasteiger partial charge in [-0.1, -0.05) is 92.9 Å². The molecule has 0 rings (SSSR count). The first-order valence-corrected chi connectivity index (χ1v) is 8.31. The van der Waals surface area contributed by atoms with E-state index in [0.29, 0.717) is 5.41 Å². The molecule has 1 atom stereocenters. The van der Waals surface area contributed by atoms with Gasteiger partial charge < -0.3 is 0 Å². The highest BCUT2D eigenvalue weighted by Gasteiger charge is 2.09. The van der Waals surface area contributed by atoms with Crippen LogP contribution in [-0.4, -0.2) is 0 Å². The van der Waals surface area contributed by atoms with Gasteiger partial charge in [-0.2, -0.15) is 0 Å². The monoisotopic (exact) mass is 254 g/mol. The highest BCUT2D eigenvalue weighted by Crippen LogP contribution is 2.24. The van der Waals surface area contributed by atoms with Crippen LogP contribution in [0.5, 0.6) is 0 Å². The number of unbranched alkanes of at least 4 members (excludes halogenated alkanes) is 3. The van der Waals surface area contributed by atoms with Crippen molar-refractivity contribution in [2.75, 3.05) is 0 Å². The van der Waals surface area contributed by atoms with Gasteiger partial charge in [0.15, 0.2) is 0 Å². The molecule has 0 bridgehead atoms. The van der Waals surface area contributed by atoms with Crippen LogP contribution in [-0.2, 0) is 0 Å². The molecule has 18 heavy (non-hydrogen) atoms. The topological polar surface area (TPSA) is 0 Å². The molecule has 0 radical (unpaired) electrons. The van der Waals surface area contributed by atoms with Crippen LogP contribution in [0.4, 0.5) is 0 Å². The van der Waals surface area contributed by atoms with Gasteiger partial charge in [0.1, 0.15) is 0 Å². The summed E-state index contributed by atoms with van der Waals surface area (Å²) in [4.78, 5) is 0. The van der Waals surface area contributed by atoms with Crippen LogP contribution in [0.15, 0.2) is 0 Å². The van der Waals surface area contributed by atoms with Crippen LogP contribution in [0.3, 0.4) is 0 Å². The van der Waals surface area contributed by atoms with Crippen molar-refractivity contribution in [3.63, 3.8) is 0 Å². The van der Waals surface area contributed by atoms with Crippen molar-refractivity contribution in [3.05, 3.63) is 0 Å². The van der Waals surface area contributed by atoms with Gasteiger partial charge in [-0.3, -0.25) is 0 Å². The fourth-order valence-corrected chi connectivity index (χ4v) is 2.51. The summed E-state index contributed by atoms with van der Waals surface area (Å²) in [7, 11) is 0. The van der Waals surface area contributed by atoms with E-state index >= 15 is 0 Å². The third-order valence-electron chi connectivity index (χ3n) is 3.85. The zero-order valence-corrected chi connectivity index (χ0v) is 14.0. The predicted molar refractivity (Wildman–Crippen MR) is 85.0 cm³/mol.